The Morgan fingerprint density at radius 2 is 1.45 bits per heavy atom. The molecule has 0 amide bonds. The first-order valence-electron chi connectivity index (χ1n) is 1.79. The minimum absolute atomic E-state index is 0. The Kier molecular flexibility index (Phi) is 13.7. The average molecular weight is 210 g/mol. The van der Waals surface area contributed by atoms with Crippen molar-refractivity contribution < 1.29 is 41.9 Å². The van der Waals surface area contributed by atoms with Crippen LogP contribution in [0.4, 0.5) is 0 Å². The maximum Gasteiger partial charge on any atom is 1.00 e. The quantitative estimate of drug-likeness (QED) is 0.418. The smallest absolute Gasteiger partial charge is 1.00 e. The van der Waals surface area contributed by atoms with Gasteiger partial charge in [0, 0.05) is 0 Å². The molecular formula is C3H6Cl2N3NaO2. The standard InChI is InChI=1S/C3HCl2N3.Na.2H2O.H/c4-2-6-1-7-3(5)8-2;;;;/h1H;;2*1H2;/q;+1;;;-1. The van der Waals surface area contributed by atoms with E-state index < -0.39 is 0 Å². The maximum absolute atomic E-state index is 5.30. The number of rotatable bonds is 0. The zero-order valence-electron chi connectivity index (χ0n) is 6.67. The van der Waals surface area contributed by atoms with Crippen molar-refractivity contribution >= 4 is 23.2 Å². The molecule has 8 heteroatoms. The first kappa shape index (κ1) is 17.6. The van der Waals surface area contributed by atoms with Crippen LogP contribution in [0, 0.1) is 0 Å². The van der Waals surface area contributed by atoms with Gasteiger partial charge in [-0.25, -0.2) is 9.97 Å². The van der Waals surface area contributed by atoms with Crippen LogP contribution in [0.5, 0.6) is 0 Å². The molecule has 0 bridgehead atoms. The zero-order valence-corrected chi connectivity index (χ0v) is 9.19. The number of halogens is 2. The fourth-order valence-corrected chi connectivity index (χ4v) is 0.549. The molecule has 0 saturated heterocycles. The first-order chi connectivity index (χ1) is 3.79. The number of hydrogen-bond acceptors (Lipinski definition) is 3. The minimum Gasteiger partial charge on any atom is -1.00 e. The zero-order chi connectivity index (χ0) is 5.98. The molecule has 0 aliphatic heterocycles. The minimum atomic E-state index is 0. The molecule has 0 aliphatic carbocycles. The molecule has 1 heterocycles. The molecule has 4 N–H and O–H groups in total. The van der Waals surface area contributed by atoms with E-state index in [1.807, 2.05) is 0 Å². The number of nitrogens with zero attached hydrogens (tertiary/aromatic N) is 3. The van der Waals surface area contributed by atoms with Gasteiger partial charge in [0.25, 0.3) is 0 Å². The van der Waals surface area contributed by atoms with E-state index in [0.29, 0.717) is 0 Å². The van der Waals surface area contributed by atoms with Crippen molar-refractivity contribution in [1.29, 1.82) is 0 Å². The topological polar surface area (TPSA) is 102 Å². The second-order valence-corrected chi connectivity index (χ2v) is 1.70. The van der Waals surface area contributed by atoms with Gasteiger partial charge >= 0.3 is 29.6 Å². The Bertz CT molecular complexity index is 189. The molecule has 1 aromatic heterocycles. The van der Waals surface area contributed by atoms with Gasteiger partial charge in [0.2, 0.25) is 10.6 Å². The summed E-state index contributed by atoms with van der Waals surface area (Å²) in [6.45, 7) is 0. The molecule has 60 valence electrons. The van der Waals surface area contributed by atoms with Crippen molar-refractivity contribution in [2.45, 2.75) is 0 Å². The van der Waals surface area contributed by atoms with Gasteiger partial charge in [-0.1, -0.05) is 0 Å². The molecule has 0 aromatic carbocycles. The molecular weight excluding hydrogens is 204 g/mol. The van der Waals surface area contributed by atoms with Gasteiger partial charge in [-0.2, -0.15) is 4.98 Å². The van der Waals surface area contributed by atoms with Crippen molar-refractivity contribution in [2.75, 3.05) is 0 Å². The maximum atomic E-state index is 5.30. The van der Waals surface area contributed by atoms with Gasteiger partial charge in [-0.3, -0.25) is 0 Å². The Labute approximate surface area is 96.6 Å². The van der Waals surface area contributed by atoms with Crippen LogP contribution in [0.15, 0.2) is 6.33 Å². The van der Waals surface area contributed by atoms with Crippen LogP contribution in [-0.2, 0) is 0 Å². The van der Waals surface area contributed by atoms with Crippen molar-refractivity contribution in [3.8, 4) is 0 Å². The molecule has 0 aliphatic rings. The van der Waals surface area contributed by atoms with Crippen molar-refractivity contribution in [1.82, 2.24) is 15.0 Å². The molecule has 0 atom stereocenters. The summed E-state index contributed by atoms with van der Waals surface area (Å²) in [6, 6.07) is 0. The second kappa shape index (κ2) is 8.61. The van der Waals surface area contributed by atoms with Crippen LogP contribution in [0.1, 0.15) is 1.43 Å². The summed E-state index contributed by atoms with van der Waals surface area (Å²) in [5, 5.41) is 0.231. The molecule has 0 unspecified atom stereocenters. The molecule has 0 spiro atoms. The summed E-state index contributed by atoms with van der Waals surface area (Å²) >= 11 is 10.6. The monoisotopic (exact) mass is 209 g/mol. The molecule has 0 fully saturated rings. The van der Waals surface area contributed by atoms with E-state index in [4.69, 9.17) is 23.2 Å². The summed E-state index contributed by atoms with van der Waals surface area (Å²) in [7, 11) is 0. The van der Waals surface area contributed by atoms with Crippen molar-refractivity contribution in [3.63, 3.8) is 0 Å². The van der Waals surface area contributed by atoms with Gasteiger partial charge in [0.1, 0.15) is 6.33 Å². The van der Waals surface area contributed by atoms with Crippen LogP contribution in [-0.4, -0.2) is 25.9 Å². The summed E-state index contributed by atoms with van der Waals surface area (Å²) in [5.74, 6) is 0. The summed E-state index contributed by atoms with van der Waals surface area (Å²) in [5.41, 5.74) is 0. The Balaban J connectivity index is -0.0000000800. The normalized spacial score (nSPS) is 6.73. The van der Waals surface area contributed by atoms with E-state index in [9.17, 15) is 0 Å². The third kappa shape index (κ3) is 6.89. The molecule has 1 rings (SSSR count). The molecule has 1 aromatic rings. The Hall–Kier alpha value is 0.510. The summed E-state index contributed by atoms with van der Waals surface area (Å²) in [4.78, 5) is 10.5. The van der Waals surface area contributed by atoms with E-state index in [0.717, 1.165) is 0 Å². The average Bonchev–Trinajstić information content (AvgIpc) is 1.64. The van der Waals surface area contributed by atoms with Gasteiger partial charge in [-0.15, -0.1) is 0 Å². The van der Waals surface area contributed by atoms with Crippen LogP contribution in [0.2, 0.25) is 10.6 Å². The third-order valence-electron chi connectivity index (χ3n) is 0.513. The fraction of sp³-hybridized carbons (Fsp3) is 0. The SMILES string of the molecule is Clc1ncnc(Cl)n1.O.O.[H-].[Na+]. The number of hydrogen-bond donors (Lipinski definition) is 0. The number of aromatic nitrogens is 3. The third-order valence-corrected chi connectivity index (χ3v) is 0.877. The summed E-state index contributed by atoms with van der Waals surface area (Å²) in [6.07, 6.45) is 1.25. The van der Waals surface area contributed by atoms with Crippen LogP contribution in [0.3, 0.4) is 0 Å². The van der Waals surface area contributed by atoms with Crippen LogP contribution in [0.25, 0.3) is 0 Å². The van der Waals surface area contributed by atoms with E-state index >= 15 is 0 Å². The van der Waals surface area contributed by atoms with Gasteiger partial charge in [-0.05, 0) is 23.2 Å². The van der Waals surface area contributed by atoms with E-state index in [-0.39, 0.29) is 52.5 Å². The van der Waals surface area contributed by atoms with Crippen molar-refractivity contribution in [3.05, 3.63) is 16.9 Å². The summed E-state index contributed by atoms with van der Waals surface area (Å²) < 4.78 is 0. The van der Waals surface area contributed by atoms with Crippen LogP contribution >= 0.6 is 23.2 Å². The molecule has 11 heavy (non-hydrogen) atoms. The molecule has 5 nitrogen and oxygen atoms in total. The predicted octanol–water partition coefficient (Wildman–Crippen LogP) is -3.35. The van der Waals surface area contributed by atoms with E-state index in [1.54, 1.807) is 0 Å². The Morgan fingerprint density at radius 1 is 1.09 bits per heavy atom. The molecule has 0 saturated carbocycles. The van der Waals surface area contributed by atoms with E-state index in [1.165, 1.54) is 6.33 Å². The van der Waals surface area contributed by atoms with Crippen molar-refractivity contribution in [2.24, 2.45) is 0 Å². The van der Waals surface area contributed by atoms with Gasteiger partial charge in [0.15, 0.2) is 0 Å². The van der Waals surface area contributed by atoms with Gasteiger partial charge < -0.3 is 12.4 Å². The van der Waals surface area contributed by atoms with Gasteiger partial charge in [0.05, 0.1) is 0 Å². The Morgan fingerprint density at radius 3 is 1.64 bits per heavy atom. The predicted molar refractivity (Wildman–Crippen MR) is 38.2 cm³/mol. The fourth-order valence-electron chi connectivity index (χ4n) is 0.258. The largest absolute Gasteiger partial charge is 1.00 e. The van der Waals surface area contributed by atoms with Crippen LogP contribution < -0.4 is 29.6 Å². The molecule has 0 radical (unpaired) electrons. The first-order valence-corrected chi connectivity index (χ1v) is 2.54. The second-order valence-electron chi connectivity index (χ2n) is 1.02. The van der Waals surface area contributed by atoms with E-state index in [2.05, 4.69) is 15.0 Å².